The Hall–Kier alpha value is -0.830. The standard InChI is InChI=1S/C16H17BrClN/c1-19-16(8-7-12-5-3-2-4-6-12)13-9-14(17)11-15(18)10-13/h2-6,9-11,16,19H,7-8H2,1H3. The molecule has 0 heterocycles. The molecule has 1 N–H and O–H groups in total. The van der Waals surface area contributed by atoms with Crippen molar-refractivity contribution >= 4 is 27.5 Å². The second kappa shape index (κ2) is 7.09. The number of aryl methyl sites for hydroxylation is 1. The predicted molar refractivity (Wildman–Crippen MR) is 85.7 cm³/mol. The Balaban J connectivity index is 2.07. The van der Waals surface area contributed by atoms with Gasteiger partial charge in [-0.15, -0.1) is 0 Å². The van der Waals surface area contributed by atoms with E-state index in [1.165, 1.54) is 11.1 Å². The Morgan fingerprint density at radius 3 is 2.53 bits per heavy atom. The normalized spacial score (nSPS) is 12.4. The Morgan fingerprint density at radius 1 is 1.16 bits per heavy atom. The van der Waals surface area contributed by atoms with Gasteiger partial charge in [-0.1, -0.05) is 57.9 Å². The van der Waals surface area contributed by atoms with Crippen molar-refractivity contribution in [1.29, 1.82) is 0 Å². The quantitative estimate of drug-likeness (QED) is 0.809. The van der Waals surface area contributed by atoms with Gasteiger partial charge in [0, 0.05) is 15.5 Å². The fraction of sp³-hybridized carbons (Fsp3) is 0.250. The molecule has 2 aromatic carbocycles. The number of halogens is 2. The average Bonchev–Trinajstić information content (AvgIpc) is 2.39. The molecule has 0 radical (unpaired) electrons. The highest BCUT2D eigenvalue weighted by Gasteiger charge is 2.10. The van der Waals surface area contributed by atoms with Crippen LogP contribution in [0.1, 0.15) is 23.6 Å². The first-order valence-corrected chi connectivity index (χ1v) is 7.53. The van der Waals surface area contributed by atoms with Crippen molar-refractivity contribution in [1.82, 2.24) is 5.32 Å². The van der Waals surface area contributed by atoms with E-state index in [2.05, 4.69) is 51.6 Å². The molecular formula is C16H17BrClN. The van der Waals surface area contributed by atoms with Gasteiger partial charge in [-0.2, -0.15) is 0 Å². The van der Waals surface area contributed by atoms with Gasteiger partial charge >= 0.3 is 0 Å². The molecule has 0 fully saturated rings. The third-order valence-corrected chi connectivity index (χ3v) is 3.88. The summed E-state index contributed by atoms with van der Waals surface area (Å²) in [5, 5.41) is 4.13. The minimum Gasteiger partial charge on any atom is -0.313 e. The zero-order chi connectivity index (χ0) is 13.7. The van der Waals surface area contributed by atoms with Gasteiger partial charge in [0.15, 0.2) is 0 Å². The molecular weight excluding hydrogens is 322 g/mol. The zero-order valence-electron chi connectivity index (χ0n) is 10.9. The van der Waals surface area contributed by atoms with Crippen molar-refractivity contribution in [3.63, 3.8) is 0 Å². The van der Waals surface area contributed by atoms with Gasteiger partial charge in [-0.3, -0.25) is 0 Å². The van der Waals surface area contributed by atoms with Crippen LogP contribution in [0.25, 0.3) is 0 Å². The van der Waals surface area contributed by atoms with Gasteiger partial charge in [0.2, 0.25) is 0 Å². The summed E-state index contributed by atoms with van der Waals surface area (Å²) >= 11 is 9.60. The maximum Gasteiger partial charge on any atom is 0.0420 e. The van der Waals surface area contributed by atoms with Gasteiger partial charge < -0.3 is 5.32 Å². The lowest BCUT2D eigenvalue weighted by Gasteiger charge is -2.17. The predicted octanol–water partition coefficient (Wildman–Crippen LogP) is 5.00. The molecule has 3 heteroatoms. The van der Waals surface area contributed by atoms with E-state index in [1.54, 1.807) is 0 Å². The van der Waals surface area contributed by atoms with Crippen molar-refractivity contribution < 1.29 is 0 Å². The first-order valence-electron chi connectivity index (χ1n) is 6.36. The average molecular weight is 339 g/mol. The molecule has 0 aliphatic carbocycles. The molecule has 19 heavy (non-hydrogen) atoms. The summed E-state index contributed by atoms with van der Waals surface area (Å²) in [6.45, 7) is 0. The van der Waals surface area contributed by atoms with E-state index in [4.69, 9.17) is 11.6 Å². The number of hydrogen-bond donors (Lipinski definition) is 1. The molecule has 0 aliphatic rings. The third kappa shape index (κ3) is 4.34. The van der Waals surface area contributed by atoms with Crippen molar-refractivity contribution in [3.05, 3.63) is 69.2 Å². The molecule has 2 rings (SSSR count). The summed E-state index contributed by atoms with van der Waals surface area (Å²) in [5.41, 5.74) is 2.58. The lowest BCUT2D eigenvalue weighted by Crippen LogP contribution is -2.17. The molecule has 100 valence electrons. The summed E-state index contributed by atoms with van der Waals surface area (Å²) < 4.78 is 1.02. The second-order valence-corrected chi connectivity index (χ2v) is 5.92. The van der Waals surface area contributed by atoms with Crippen molar-refractivity contribution in [2.24, 2.45) is 0 Å². The summed E-state index contributed by atoms with van der Waals surface area (Å²) in [6, 6.07) is 16.9. The molecule has 1 unspecified atom stereocenters. The molecule has 1 nitrogen and oxygen atoms in total. The minimum atomic E-state index is 0.315. The summed E-state index contributed by atoms with van der Waals surface area (Å²) in [4.78, 5) is 0. The van der Waals surface area contributed by atoms with Crippen LogP contribution in [-0.4, -0.2) is 7.05 Å². The van der Waals surface area contributed by atoms with E-state index in [0.717, 1.165) is 22.3 Å². The largest absolute Gasteiger partial charge is 0.313 e. The van der Waals surface area contributed by atoms with Gasteiger partial charge in [0.25, 0.3) is 0 Å². The summed E-state index contributed by atoms with van der Waals surface area (Å²) in [6.07, 6.45) is 2.10. The number of hydrogen-bond acceptors (Lipinski definition) is 1. The Morgan fingerprint density at radius 2 is 1.89 bits per heavy atom. The molecule has 0 amide bonds. The molecule has 0 saturated heterocycles. The van der Waals surface area contributed by atoms with Crippen molar-refractivity contribution in [2.75, 3.05) is 7.05 Å². The number of nitrogens with one attached hydrogen (secondary N) is 1. The van der Waals surface area contributed by atoms with Crippen LogP contribution in [0.5, 0.6) is 0 Å². The van der Waals surface area contributed by atoms with E-state index in [0.29, 0.717) is 6.04 Å². The van der Waals surface area contributed by atoms with Crippen LogP contribution in [-0.2, 0) is 6.42 Å². The minimum absolute atomic E-state index is 0.315. The van der Waals surface area contributed by atoms with Gasteiger partial charge in [-0.05, 0) is 49.2 Å². The van der Waals surface area contributed by atoms with Crippen LogP contribution in [0.2, 0.25) is 5.02 Å². The fourth-order valence-electron chi connectivity index (χ4n) is 2.21. The monoisotopic (exact) mass is 337 g/mol. The second-order valence-electron chi connectivity index (χ2n) is 4.57. The van der Waals surface area contributed by atoms with E-state index >= 15 is 0 Å². The molecule has 0 spiro atoms. The van der Waals surface area contributed by atoms with Crippen molar-refractivity contribution in [2.45, 2.75) is 18.9 Å². The number of benzene rings is 2. The summed E-state index contributed by atoms with van der Waals surface area (Å²) in [7, 11) is 1.99. The highest BCUT2D eigenvalue weighted by molar-refractivity contribution is 9.10. The molecule has 2 aromatic rings. The zero-order valence-corrected chi connectivity index (χ0v) is 13.2. The molecule has 0 bridgehead atoms. The highest BCUT2D eigenvalue weighted by Crippen LogP contribution is 2.26. The van der Waals surface area contributed by atoms with Gasteiger partial charge in [0.05, 0.1) is 0 Å². The van der Waals surface area contributed by atoms with E-state index < -0.39 is 0 Å². The van der Waals surface area contributed by atoms with Crippen LogP contribution in [0.4, 0.5) is 0 Å². The highest BCUT2D eigenvalue weighted by atomic mass is 79.9. The van der Waals surface area contributed by atoms with Crippen molar-refractivity contribution in [3.8, 4) is 0 Å². The Bertz CT molecular complexity index is 507. The van der Waals surface area contributed by atoms with E-state index in [-0.39, 0.29) is 0 Å². The van der Waals surface area contributed by atoms with Crippen LogP contribution in [0.15, 0.2) is 53.0 Å². The van der Waals surface area contributed by atoms with E-state index in [1.807, 2.05) is 25.2 Å². The smallest absolute Gasteiger partial charge is 0.0420 e. The van der Waals surface area contributed by atoms with Gasteiger partial charge in [-0.25, -0.2) is 0 Å². The molecule has 0 aliphatic heterocycles. The first-order chi connectivity index (χ1) is 9.19. The lowest BCUT2D eigenvalue weighted by atomic mass is 9.99. The first kappa shape index (κ1) is 14.6. The molecule has 1 atom stereocenters. The molecule has 0 aromatic heterocycles. The SMILES string of the molecule is CNC(CCc1ccccc1)c1cc(Cl)cc(Br)c1. The fourth-order valence-corrected chi connectivity index (χ4v) is 3.10. The van der Waals surface area contributed by atoms with Gasteiger partial charge in [0.1, 0.15) is 0 Å². The number of rotatable bonds is 5. The van der Waals surface area contributed by atoms with Crippen LogP contribution < -0.4 is 5.32 Å². The van der Waals surface area contributed by atoms with Crippen LogP contribution in [0, 0.1) is 0 Å². The Labute approximate surface area is 128 Å². The van der Waals surface area contributed by atoms with E-state index in [9.17, 15) is 0 Å². The summed E-state index contributed by atoms with van der Waals surface area (Å²) in [5.74, 6) is 0. The van der Waals surface area contributed by atoms with Crippen LogP contribution in [0.3, 0.4) is 0 Å². The maximum absolute atomic E-state index is 6.11. The Kier molecular flexibility index (Phi) is 5.44. The third-order valence-electron chi connectivity index (χ3n) is 3.20. The molecule has 0 saturated carbocycles. The lowest BCUT2D eigenvalue weighted by molar-refractivity contribution is 0.549. The van der Waals surface area contributed by atoms with Crippen LogP contribution >= 0.6 is 27.5 Å². The topological polar surface area (TPSA) is 12.0 Å². The maximum atomic E-state index is 6.11.